The molecule has 1 nitrogen and oxygen atoms in total. The highest BCUT2D eigenvalue weighted by Gasteiger charge is 2.20. The largest absolute Gasteiger partial charge is 0.310 e. The molecule has 0 unspecified atom stereocenters. The Balaban J connectivity index is 1.22. The Kier molecular flexibility index (Phi) is 5.98. The number of benzene rings is 8. The lowest BCUT2D eigenvalue weighted by Gasteiger charge is -2.27. The molecule has 0 spiro atoms. The highest BCUT2D eigenvalue weighted by molar-refractivity contribution is 7.26. The molecule has 0 atom stereocenters. The summed E-state index contributed by atoms with van der Waals surface area (Å²) in [6.07, 6.45) is 0. The van der Waals surface area contributed by atoms with Crippen LogP contribution in [0.3, 0.4) is 0 Å². The van der Waals surface area contributed by atoms with Gasteiger partial charge in [-0.05, 0) is 75.8 Å². The fourth-order valence-electron chi connectivity index (χ4n) is 7.27. The van der Waals surface area contributed by atoms with Gasteiger partial charge >= 0.3 is 0 Å². The monoisotopic (exact) mass is 633 g/mol. The summed E-state index contributed by atoms with van der Waals surface area (Å²) in [6, 6.07) is 60.2. The van der Waals surface area contributed by atoms with Crippen LogP contribution >= 0.6 is 22.7 Å². The summed E-state index contributed by atoms with van der Waals surface area (Å²) < 4.78 is 5.28. The number of anilines is 3. The van der Waals surface area contributed by atoms with Gasteiger partial charge in [-0.2, -0.15) is 0 Å². The highest BCUT2D eigenvalue weighted by atomic mass is 32.1. The van der Waals surface area contributed by atoms with Crippen LogP contribution in [0.5, 0.6) is 0 Å². The van der Waals surface area contributed by atoms with E-state index < -0.39 is 0 Å². The van der Waals surface area contributed by atoms with E-state index in [9.17, 15) is 0 Å². The first-order chi connectivity index (χ1) is 23.3. The van der Waals surface area contributed by atoms with Crippen molar-refractivity contribution in [1.29, 1.82) is 0 Å². The SMILES string of the molecule is c1ccc2c(-c3ccc(N(c4ccc5ccc6c7ccccc7sc6c5c4)c4cccc5sc6ccccc6c45)cc3)cccc2c1. The van der Waals surface area contributed by atoms with Crippen LogP contribution in [0.2, 0.25) is 0 Å². The molecule has 0 aliphatic heterocycles. The van der Waals surface area contributed by atoms with Gasteiger partial charge in [-0.1, -0.05) is 115 Å². The molecule has 0 saturated carbocycles. The quantitative estimate of drug-likeness (QED) is 0.186. The van der Waals surface area contributed by atoms with Crippen molar-refractivity contribution in [2.24, 2.45) is 0 Å². The van der Waals surface area contributed by atoms with Gasteiger partial charge in [-0.15, -0.1) is 22.7 Å². The number of nitrogens with zero attached hydrogens (tertiary/aromatic N) is 1. The van der Waals surface area contributed by atoms with Gasteiger partial charge in [0.2, 0.25) is 0 Å². The fraction of sp³-hybridized carbons (Fsp3) is 0. The van der Waals surface area contributed by atoms with Gasteiger partial charge < -0.3 is 4.90 Å². The standard InChI is InChI=1S/C44H27NS2/c1-2-11-33-28(9-1)10-7-14-34(33)29-19-23-31(24-20-29)45(39-15-8-18-42-43(39)37-13-4-6-17-41(37)46-42)32-25-21-30-22-26-36-35-12-3-5-16-40(35)47-44(36)38(30)27-32/h1-27H. The van der Waals surface area contributed by atoms with Crippen LogP contribution in [0.25, 0.3) is 73.0 Å². The molecule has 47 heavy (non-hydrogen) atoms. The van der Waals surface area contributed by atoms with Crippen molar-refractivity contribution in [1.82, 2.24) is 0 Å². The zero-order chi connectivity index (χ0) is 30.9. The van der Waals surface area contributed by atoms with Crippen molar-refractivity contribution in [3.05, 3.63) is 164 Å². The lowest BCUT2D eigenvalue weighted by atomic mass is 9.98. The van der Waals surface area contributed by atoms with Crippen molar-refractivity contribution in [2.45, 2.75) is 0 Å². The summed E-state index contributed by atoms with van der Waals surface area (Å²) in [7, 11) is 0. The van der Waals surface area contributed by atoms with E-state index in [0.29, 0.717) is 0 Å². The minimum atomic E-state index is 1.14. The molecule has 220 valence electrons. The van der Waals surface area contributed by atoms with Crippen LogP contribution in [0, 0.1) is 0 Å². The molecular weight excluding hydrogens is 607 g/mol. The molecule has 2 heterocycles. The molecule has 8 aromatic carbocycles. The molecule has 0 aliphatic rings. The molecule has 0 saturated heterocycles. The van der Waals surface area contributed by atoms with Crippen LogP contribution in [0.1, 0.15) is 0 Å². The second-order valence-electron chi connectivity index (χ2n) is 12.1. The van der Waals surface area contributed by atoms with Gasteiger partial charge in [0, 0.05) is 57.1 Å². The predicted molar refractivity (Wildman–Crippen MR) is 207 cm³/mol. The zero-order valence-corrected chi connectivity index (χ0v) is 27.0. The topological polar surface area (TPSA) is 3.24 Å². The fourth-order valence-corrected chi connectivity index (χ4v) is 9.62. The maximum Gasteiger partial charge on any atom is 0.0554 e. The van der Waals surface area contributed by atoms with E-state index in [2.05, 4.69) is 169 Å². The maximum atomic E-state index is 2.46. The predicted octanol–water partition coefficient (Wildman–Crippen LogP) is 13.9. The van der Waals surface area contributed by atoms with Gasteiger partial charge in [0.1, 0.15) is 0 Å². The lowest BCUT2D eigenvalue weighted by molar-refractivity contribution is 1.31. The zero-order valence-electron chi connectivity index (χ0n) is 25.4. The maximum absolute atomic E-state index is 2.46. The van der Waals surface area contributed by atoms with Gasteiger partial charge in [0.25, 0.3) is 0 Å². The number of hydrogen-bond acceptors (Lipinski definition) is 3. The molecule has 0 aliphatic carbocycles. The van der Waals surface area contributed by atoms with Crippen molar-refractivity contribution in [3.63, 3.8) is 0 Å². The Hall–Kier alpha value is -5.48. The second-order valence-corrected chi connectivity index (χ2v) is 14.2. The third kappa shape index (κ3) is 4.21. The Morgan fingerprint density at radius 1 is 0.383 bits per heavy atom. The van der Waals surface area contributed by atoms with Crippen LogP contribution in [-0.2, 0) is 0 Å². The normalized spacial score (nSPS) is 11.8. The Morgan fingerprint density at radius 2 is 1.02 bits per heavy atom. The summed E-state index contributed by atoms with van der Waals surface area (Å²) in [6.45, 7) is 0. The first-order valence-electron chi connectivity index (χ1n) is 15.9. The van der Waals surface area contributed by atoms with Crippen LogP contribution in [-0.4, -0.2) is 0 Å². The van der Waals surface area contributed by atoms with E-state index in [1.165, 1.54) is 78.7 Å². The summed E-state index contributed by atoms with van der Waals surface area (Å²) in [5, 5.41) is 10.3. The van der Waals surface area contributed by atoms with Gasteiger partial charge in [-0.25, -0.2) is 0 Å². The molecule has 10 aromatic rings. The Bertz CT molecular complexity index is 2800. The van der Waals surface area contributed by atoms with Crippen molar-refractivity contribution in [2.75, 3.05) is 4.90 Å². The smallest absolute Gasteiger partial charge is 0.0554 e. The molecule has 0 radical (unpaired) electrons. The van der Waals surface area contributed by atoms with Gasteiger partial charge in [0.15, 0.2) is 0 Å². The minimum Gasteiger partial charge on any atom is -0.310 e. The van der Waals surface area contributed by atoms with Crippen LogP contribution < -0.4 is 4.90 Å². The second kappa shape index (κ2) is 10.5. The number of hydrogen-bond donors (Lipinski definition) is 0. The van der Waals surface area contributed by atoms with E-state index in [-0.39, 0.29) is 0 Å². The number of thiophene rings is 2. The summed E-state index contributed by atoms with van der Waals surface area (Å²) in [5.74, 6) is 0. The lowest BCUT2D eigenvalue weighted by Crippen LogP contribution is -2.10. The minimum absolute atomic E-state index is 1.14. The van der Waals surface area contributed by atoms with E-state index in [4.69, 9.17) is 0 Å². The Morgan fingerprint density at radius 3 is 1.89 bits per heavy atom. The van der Waals surface area contributed by atoms with Crippen molar-refractivity contribution < 1.29 is 0 Å². The van der Waals surface area contributed by atoms with E-state index in [1.54, 1.807) is 0 Å². The van der Waals surface area contributed by atoms with Crippen LogP contribution in [0.15, 0.2) is 164 Å². The molecular formula is C44H27NS2. The molecule has 0 fully saturated rings. The molecule has 2 aromatic heterocycles. The van der Waals surface area contributed by atoms with E-state index in [0.717, 1.165) is 11.4 Å². The van der Waals surface area contributed by atoms with Crippen molar-refractivity contribution >= 4 is 102 Å². The summed E-state index contributed by atoms with van der Waals surface area (Å²) in [5.41, 5.74) is 5.96. The Labute approximate surface area is 280 Å². The van der Waals surface area contributed by atoms with Gasteiger partial charge in [-0.3, -0.25) is 0 Å². The first-order valence-corrected chi connectivity index (χ1v) is 17.6. The van der Waals surface area contributed by atoms with Gasteiger partial charge in [0.05, 0.1) is 5.69 Å². The number of fused-ring (bicyclic) bond motifs is 9. The molecule has 0 amide bonds. The summed E-state index contributed by atoms with van der Waals surface area (Å²) >= 11 is 3.76. The third-order valence-electron chi connectivity index (χ3n) is 9.45. The first kappa shape index (κ1) is 26.7. The average molecular weight is 634 g/mol. The highest BCUT2D eigenvalue weighted by Crippen LogP contribution is 2.47. The summed E-state index contributed by atoms with van der Waals surface area (Å²) in [4.78, 5) is 2.46. The van der Waals surface area contributed by atoms with E-state index in [1.807, 2.05) is 22.7 Å². The molecule has 3 heteroatoms. The average Bonchev–Trinajstić information content (AvgIpc) is 3.71. The molecule has 0 bridgehead atoms. The van der Waals surface area contributed by atoms with E-state index >= 15 is 0 Å². The third-order valence-corrected chi connectivity index (χ3v) is 11.8. The van der Waals surface area contributed by atoms with Crippen molar-refractivity contribution in [3.8, 4) is 11.1 Å². The molecule has 10 rings (SSSR count). The molecule has 0 N–H and O–H groups in total. The number of rotatable bonds is 4. The van der Waals surface area contributed by atoms with Crippen LogP contribution in [0.4, 0.5) is 17.1 Å².